The molecule has 0 aliphatic carbocycles. The lowest BCUT2D eigenvalue weighted by Crippen LogP contribution is -2.30. The minimum atomic E-state index is -1.13. The number of H-pyrrole nitrogens is 1. The summed E-state index contributed by atoms with van der Waals surface area (Å²) in [5.41, 5.74) is 0.432. The Labute approximate surface area is 163 Å². The van der Waals surface area contributed by atoms with Crippen molar-refractivity contribution in [2.24, 2.45) is 0 Å². The van der Waals surface area contributed by atoms with Gasteiger partial charge in [-0.05, 0) is 48.2 Å². The molecule has 0 aliphatic rings. The number of hydrogen-bond acceptors (Lipinski definition) is 2. The zero-order valence-corrected chi connectivity index (χ0v) is 15.5. The number of fused-ring (bicyclic) bond motifs is 2. The SMILES string of the molecule is CC(c1c[nH]c(=O)c2cc(F)c(F)cc12)N(C)C(=O)c1cc2c(F)cccn2c1. The standard InChI is InChI=1S/C21H16F3N3O2/c1-11(15-9-25-20(28)14-8-18(24)17(23)7-13(14)15)26(2)21(29)12-6-19-16(22)4-3-5-27(19)10-12/h3-11H,1-2H3,(H,25,28). The fourth-order valence-corrected chi connectivity index (χ4v) is 3.42. The molecule has 1 atom stereocenters. The minimum absolute atomic E-state index is 0.00854. The normalized spacial score (nSPS) is 12.4. The zero-order chi connectivity index (χ0) is 20.9. The number of carbonyl (C=O) groups excluding carboxylic acids is 1. The molecular weight excluding hydrogens is 383 g/mol. The number of carbonyl (C=O) groups is 1. The molecular formula is C21H16F3N3O2. The molecule has 1 aromatic carbocycles. The molecule has 0 radical (unpaired) electrons. The Hall–Kier alpha value is -3.55. The van der Waals surface area contributed by atoms with E-state index in [4.69, 9.17) is 0 Å². The Kier molecular flexibility index (Phi) is 4.41. The van der Waals surface area contributed by atoms with Crippen molar-refractivity contribution in [1.29, 1.82) is 0 Å². The van der Waals surface area contributed by atoms with Gasteiger partial charge < -0.3 is 14.3 Å². The summed E-state index contributed by atoms with van der Waals surface area (Å²) in [6.07, 6.45) is 4.53. The maximum atomic E-state index is 13.9. The Morgan fingerprint density at radius 3 is 2.48 bits per heavy atom. The maximum Gasteiger partial charge on any atom is 0.255 e. The lowest BCUT2D eigenvalue weighted by Gasteiger charge is -2.26. The molecule has 0 fully saturated rings. The third-order valence-corrected chi connectivity index (χ3v) is 5.16. The second kappa shape index (κ2) is 6.80. The molecule has 0 aliphatic heterocycles. The first-order valence-electron chi connectivity index (χ1n) is 8.81. The second-order valence-electron chi connectivity index (χ2n) is 6.85. The molecule has 4 rings (SSSR count). The first-order chi connectivity index (χ1) is 13.8. The third-order valence-electron chi connectivity index (χ3n) is 5.16. The second-order valence-corrected chi connectivity index (χ2v) is 6.85. The number of aromatic amines is 1. The average molecular weight is 399 g/mol. The summed E-state index contributed by atoms with van der Waals surface area (Å²) < 4.78 is 42.8. The van der Waals surface area contributed by atoms with Crippen LogP contribution < -0.4 is 5.56 Å². The molecule has 3 aromatic heterocycles. The first-order valence-corrected chi connectivity index (χ1v) is 8.81. The number of nitrogens with one attached hydrogen (secondary N) is 1. The summed E-state index contributed by atoms with van der Waals surface area (Å²) in [5, 5.41) is 0.207. The van der Waals surface area contributed by atoms with E-state index < -0.39 is 29.1 Å². The van der Waals surface area contributed by atoms with Crippen molar-refractivity contribution in [3.05, 3.63) is 87.9 Å². The van der Waals surface area contributed by atoms with Crippen molar-refractivity contribution >= 4 is 22.2 Å². The highest BCUT2D eigenvalue weighted by Crippen LogP contribution is 2.28. The molecule has 5 nitrogen and oxygen atoms in total. The maximum absolute atomic E-state index is 13.9. The summed E-state index contributed by atoms with van der Waals surface area (Å²) in [4.78, 5) is 28.8. The predicted octanol–water partition coefficient (Wildman–Crippen LogP) is 4.03. The van der Waals surface area contributed by atoms with Crippen LogP contribution in [-0.2, 0) is 0 Å². The smallest absolute Gasteiger partial charge is 0.255 e. The lowest BCUT2D eigenvalue weighted by atomic mass is 10.0. The fourth-order valence-electron chi connectivity index (χ4n) is 3.42. The number of nitrogens with zero attached hydrogens (tertiary/aromatic N) is 2. The molecule has 1 N–H and O–H groups in total. The van der Waals surface area contributed by atoms with Gasteiger partial charge in [-0.1, -0.05) is 0 Å². The number of benzene rings is 1. The van der Waals surface area contributed by atoms with Crippen molar-refractivity contribution in [3.63, 3.8) is 0 Å². The van der Waals surface area contributed by atoms with Crippen LogP contribution in [0.2, 0.25) is 0 Å². The van der Waals surface area contributed by atoms with E-state index in [9.17, 15) is 22.8 Å². The van der Waals surface area contributed by atoms with E-state index >= 15 is 0 Å². The van der Waals surface area contributed by atoms with Crippen LogP contribution in [-0.4, -0.2) is 27.2 Å². The van der Waals surface area contributed by atoms with Crippen molar-refractivity contribution < 1.29 is 18.0 Å². The molecule has 1 unspecified atom stereocenters. The van der Waals surface area contributed by atoms with Gasteiger partial charge in [-0.25, -0.2) is 13.2 Å². The number of amides is 1. The van der Waals surface area contributed by atoms with Gasteiger partial charge in [0.25, 0.3) is 11.5 Å². The third kappa shape index (κ3) is 3.06. The Bertz CT molecular complexity index is 1330. The van der Waals surface area contributed by atoms with Crippen LogP contribution >= 0.6 is 0 Å². The highest BCUT2D eigenvalue weighted by atomic mass is 19.2. The van der Waals surface area contributed by atoms with Gasteiger partial charge in [0, 0.05) is 25.6 Å². The molecule has 1 amide bonds. The highest BCUT2D eigenvalue weighted by molar-refractivity contribution is 5.96. The molecule has 29 heavy (non-hydrogen) atoms. The Balaban J connectivity index is 1.75. The summed E-state index contributed by atoms with van der Waals surface area (Å²) >= 11 is 0. The van der Waals surface area contributed by atoms with Crippen molar-refractivity contribution in [2.75, 3.05) is 7.05 Å². The number of halogens is 3. The zero-order valence-electron chi connectivity index (χ0n) is 15.5. The molecule has 3 heterocycles. The van der Waals surface area contributed by atoms with Crippen molar-refractivity contribution in [3.8, 4) is 0 Å². The van der Waals surface area contributed by atoms with Crippen molar-refractivity contribution in [1.82, 2.24) is 14.3 Å². The molecule has 148 valence electrons. The van der Waals surface area contributed by atoms with E-state index in [0.29, 0.717) is 5.56 Å². The number of hydrogen-bond donors (Lipinski definition) is 1. The Morgan fingerprint density at radius 1 is 1.10 bits per heavy atom. The number of rotatable bonds is 3. The van der Waals surface area contributed by atoms with Gasteiger partial charge in [0.05, 0.1) is 22.5 Å². The van der Waals surface area contributed by atoms with Gasteiger partial charge in [0.15, 0.2) is 11.6 Å². The number of pyridine rings is 2. The van der Waals surface area contributed by atoms with E-state index in [-0.39, 0.29) is 27.8 Å². The van der Waals surface area contributed by atoms with Gasteiger partial charge in [0.1, 0.15) is 5.82 Å². The monoisotopic (exact) mass is 399 g/mol. The Morgan fingerprint density at radius 2 is 1.79 bits per heavy atom. The van der Waals surface area contributed by atoms with Gasteiger partial charge in [-0.3, -0.25) is 9.59 Å². The van der Waals surface area contributed by atoms with E-state index in [0.717, 1.165) is 12.1 Å². The van der Waals surface area contributed by atoms with E-state index in [1.165, 1.54) is 39.9 Å². The lowest BCUT2D eigenvalue weighted by molar-refractivity contribution is 0.0743. The van der Waals surface area contributed by atoms with Crippen LogP contribution in [0.5, 0.6) is 0 Å². The van der Waals surface area contributed by atoms with Crippen LogP contribution in [0.25, 0.3) is 16.3 Å². The average Bonchev–Trinajstić information content (AvgIpc) is 3.14. The molecule has 0 saturated heterocycles. The molecule has 0 saturated carbocycles. The summed E-state index contributed by atoms with van der Waals surface area (Å²) in [5.74, 6) is -3.05. The van der Waals surface area contributed by atoms with Gasteiger partial charge in [-0.2, -0.15) is 0 Å². The van der Waals surface area contributed by atoms with E-state index in [1.807, 2.05) is 0 Å². The molecule has 0 spiro atoms. The van der Waals surface area contributed by atoms with Crippen LogP contribution in [0.1, 0.15) is 28.9 Å². The summed E-state index contributed by atoms with van der Waals surface area (Å²) in [6.45, 7) is 1.70. The minimum Gasteiger partial charge on any atom is -0.335 e. The summed E-state index contributed by atoms with van der Waals surface area (Å²) in [7, 11) is 1.54. The van der Waals surface area contributed by atoms with Crippen molar-refractivity contribution in [2.45, 2.75) is 13.0 Å². The van der Waals surface area contributed by atoms with E-state index in [1.54, 1.807) is 20.2 Å². The summed E-state index contributed by atoms with van der Waals surface area (Å²) in [6, 6.07) is 5.48. The van der Waals surface area contributed by atoms with Crippen LogP contribution in [0, 0.1) is 17.5 Å². The van der Waals surface area contributed by atoms with Crippen LogP contribution in [0.4, 0.5) is 13.2 Å². The van der Waals surface area contributed by atoms with Crippen LogP contribution in [0.15, 0.2) is 53.7 Å². The molecule has 4 aromatic rings. The highest BCUT2D eigenvalue weighted by Gasteiger charge is 2.23. The first kappa shape index (κ1) is 18.8. The predicted molar refractivity (Wildman–Crippen MR) is 102 cm³/mol. The van der Waals surface area contributed by atoms with E-state index in [2.05, 4.69) is 4.98 Å². The molecule has 0 bridgehead atoms. The topological polar surface area (TPSA) is 57.6 Å². The van der Waals surface area contributed by atoms with Crippen LogP contribution in [0.3, 0.4) is 0 Å². The van der Waals surface area contributed by atoms with Gasteiger partial charge in [0.2, 0.25) is 0 Å². The molecule has 8 heteroatoms. The number of aromatic nitrogens is 2. The van der Waals surface area contributed by atoms with Gasteiger partial charge in [-0.15, -0.1) is 0 Å². The van der Waals surface area contributed by atoms with Gasteiger partial charge >= 0.3 is 0 Å². The fraction of sp³-hybridized carbons (Fsp3) is 0.143. The largest absolute Gasteiger partial charge is 0.335 e. The quantitative estimate of drug-likeness (QED) is 0.566.